The van der Waals surface area contributed by atoms with E-state index in [4.69, 9.17) is 23.2 Å². The van der Waals surface area contributed by atoms with Gasteiger partial charge in [-0.1, -0.05) is 35.3 Å². The molecule has 0 unspecified atom stereocenters. The lowest BCUT2D eigenvalue weighted by molar-refractivity contribution is 0.0746. The maximum absolute atomic E-state index is 14.9. The number of nitrogens with zero attached hydrogens (tertiary/aromatic N) is 2. The molecule has 2 heterocycles. The fourth-order valence-electron chi connectivity index (χ4n) is 3.31. The van der Waals surface area contributed by atoms with Crippen molar-refractivity contribution < 1.29 is 13.9 Å². The minimum absolute atomic E-state index is 0.0753. The number of benzene rings is 2. The van der Waals surface area contributed by atoms with Crippen LogP contribution in [0, 0.1) is 11.6 Å². The largest absolute Gasteiger partial charge is 0.386 e. The number of hydrogen-bond donors (Lipinski definition) is 1. The maximum atomic E-state index is 14.9. The van der Waals surface area contributed by atoms with Gasteiger partial charge in [-0.05, 0) is 44.2 Å². The lowest BCUT2D eigenvalue weighted by Gasteiger charge is -2.18. The smallest absolute Gasteiger partial charge is 0.174 e. The molecule has 2 aromatic carbocycles. The highest BCUT2D eigenvalue weighted by Gasteiger charge is 2.24. The first-order valence-electron chi connectivity index (χ1n) is 8.81. The normalized spacial score (nSPS) is 12.0. The molecule has 1 N–H and O–H groups in total. The van der Waals surface area contributed by atoms with Gasteiger partial charge < -0.3 is 5.11 Å². The van der Waals surface area contributed by atoms with Crippen LogP contribution in [0.25, 0.3) is 28.0 Å². The summed E-state index contributed by atoms with van der Waals surface area (Å²) in [7, 11) is 0. The first-order chi connectivity index (χ1) is 13.7. The molecule has 0 atom stereocenters. The van der Waals surface area contributed by atoms with E-state index in [1.54, 1.807) is 40.9 Å². The van der Waals surface area contributed by atoms with Gasteiger partial charge in [-0.3, -0.25) is 4.40 Å². The van der Waals surface area contributed by atoms with Crippen LogP contribution in [-0.2, 0) is 5.60 Å². The number of pyridine rings is 1. The van der Waals surface area contributed by atoms with Crippen LogP contribution in [0.3, 0.4) is 0 Å². The Balaban J connectivity index is 1.89. The van der Waals surface area contributed by atoms with Crippen molar-refractivity contribution in [3.63, 3.8) is 0 Å². The van der Waals surface area contributed by atoms with Crippen LogP contribution in [0.4, 0.5) is 8.78 Å². The van der Waals surface area contributed by atoms with Crippen molar-refractivity contribution in [2.45, 2.75) is 19.4 Å². The zero-order valence-electron chi connectivity index (χ0n) is 15.5. The van der Waals surface area contributed by atoms with Crippen molar-refractivity contribution >= 4 is 28.8 Å². The fourth-order valence-corrected chi connectivity index (χ4v) is 3.71. The second kappa shape index (κ2) is 7.10. The van der Waals surface area contributed by atoms with E-state index < -0.39 is 17.2 Å². The highest BCUT2D eigenvalue weighted by atomic mass is 35.5. The van der Waals surface area contributed by atoms with E-state index in [-0.39, 0.29) is 21.8 Å². The van der Waals surface area contributed by atoms with Gasteiger partial charge in [0, 0.05) is 28.5 Å². The molecule has 7 heteroatoms. The zero-order valence-corrected chi connectivity index (χ0v) is 17.1. The van der Waals surface area contributed by atoms with Crippen LogP contribution in [-0.4, -0.2) is 14.5 Å². The van der Waals surface area contributed by atoms with Crippen LogP contribution in [0.1, 0.15) is 19.4 Å². The average Bonchev–Trinajstić information content (AvgIpc) is 3.09. The Kier molecular flexibility index (Phi) is 4.85. The molecule has 0 aliphatic heterocycles. The second-order valence-corrected chi connectivity index (χ2v) is 8.02. The van der Waals surface area contributed by atoms with E-state index in [0.29, 0.717) is 21.8 Å². The summed E-state index contributed by atoms with van der Waals surface area (Å²) in [5.41, 5.74) is 0.811. The molecule has 0 bridgehead atoms. The Morgan fingerprint density at radius 2 is 1.79 bits per heavy atom. The summed E-state index contributed by atoms with van der Waals surface area (Å²) in [6.07, 6.45) is 3.13. The molecule has 0 aliphatic rings. The predicted molar refractivity (Wildman–Crippen MR) is 111 cm³/mol. The molecule has 3 nitrogen and oxygen atoms in total. The molecule has 148 valence electrons. The summed E-state index contributed by atoms with van der Waals surface area (Å²) < 4.78 is 31.0. The molecule has 0 saturated heterocycles. The van der Waals surface area contributed by atoms with Gasteiger partial charge in [-0.15, -0.1) is 0 Å². The summed E-state index contributed by atoms with van der Waals surface area (Å²) >= 11 is 12.3. The van der Waals surface area contributed by atoms with Crippen molar-refractivity contribution in [3.8, 4) is 22.4 Å². The van der Waals surface area contributed by atoms with Crippen molar-refractivity contribution in [1.29, 1.82) is 0 Å². The number of imidazole rings is 1. The molecule has 2 aromatic heterocycles. The van der Waals surface area contributed by atoms with Crippen molar-refractivity contribution in [1.82, 2.24) is 9.38 Å². The molecule has 4 aromatic rings. The number of hydrogen-bond acceptors (Lipinski definition) is 2. The molecule has 4 rings (SSSR count). The van der Waals surface area contributed by atoms with Crippen molar-refractivity contribution in [2.75, 3.05) is 0 Å². The summed E-state index contributed by atoms with van der Waals surface area (Å²) in [6.45, 7) is 3.01. The van der Waals surface area contributed by atoms with Crippen LogP contribution in [0.5, 0.6) is 0 Å². The SMILES string of the molecule is CC(C)(O)c1ccn2c(-c3ccc(F)c(-c4cccc(Cl)c4Cl)c3)cnc2c1F. The van der Waals surface area contributed by atoms with Gasteiger partial charge in [-0.25, -0.2) is 13.8 Å². The summed E-state index contributed by atoms with van der Waals surface area (Å²) in [5, 5.41) is 10.7. The molecule has 0 saturated carbocycles. The highest BCUT2D eigenvalue weighted by Crippen LogP contribution is 2.37. The van der Waals surface area contributed by atoms with Crippen molar-refractivity contribution in [2.24, 2.45) is 0 Å². The molecule has 0 amide bonds. The summed E-state index contributed by atoms with van der Waals surface area (Å²) in [6, 6.07) is 11.0. The Morgan fingerprint density at radius 1 is 1.03 bits per heavy atom. The van der Waals surface area contributed by atoms with E-state index in [9.17, 15) is 13.9 Å². The number of halogens is 4. The second-order valence-electron chi connectivity index (χ2n) is 7.24. The summed E-state index contributed by atoms with van der Waals surface area (Å²) in [5.74, 6) is -1.06. The summed E-state index contributed by atoms with van der Waals surface area (Å²) in [4.78, 5) is 4.16. The van der Waals surface area contributed by atoms with Crippen LogP contribution in [0.2, 0.25) is 10.0 Å². The quantitative estimate of drug-likeness (QED) is 0.402. The van der Waals surface area contributed by atoms with Crippen LogP contribution >= 0.6 is 23.2 Å². The van der Waals surface area contributed by atoms with E-state index in [2.05, 4.69) is 4.98 Å². The molecular weight excluding hydrogens is 417 g/mol. The Bertz CT molecular complexity index is 1250. The van der Waals surface area contributed by atoms with Gasteiger partial charge in [0.1, 0.15) is 5.82 Å². The first-order valence-corrected chi connectivity index (χ1v) is 9.57. The van der Waals surface area contributed by atoms with Crippen LogP contribution < -0.4 is 0 Å². The number of rotatable bonds is 3. The van der Waals surface area contributed by atoms with E-state index in [1.165, 1.54) is 32.2 Å². The molecule has 0 aliphatic carbocycles. The minimum atomic E-state index is -1.34. The first kappa shape index (κ1) is 19.8. The predicted octanol–water partition coefficient (Wildman–Crippen LogP) is 6.48. The van der Waals surface area contributed by atoms with Gasteiger partial charge >= 0.3 is 0 Å². The van der Waals surface area contributed by atoms with Gasteiger partial charge in [0.2, 0.25) is 0 Å². The molecule has 0 radical (unpaired) electrons. The number of aromatic nitrogens is 2. The molecule has 29 heavy (non-hydrogen) atoms. The van der Waals surface area contributed by atoms with Gasteiger partial charge in [0.05, 0.1) is 27.5 Å². The fraction of sp³-hybridized carbons (Fsp3) is 0.136. The third-order valence-electron chi connectivity index (χ3n) is 4.78. The standard InChI is InChI=1S/C22H16Cl2F2N2O/c1-22(2,29)15-8-9-28-18(11-27-21(28)20(15)26)12-6-7-17(25)14(10-12)13-4-3-5-16(23)19(13)24/h3-11,29H,1-2H3. The van der Waals surface area contributed by atoms with E-state index in [0.717, 1.165) is 0 Å². The van der Waals surface area contributed by atoms with Crippen molar-refractivity contribution in [3.05, 3.63) is 82.1 Å². The Morgan fingerprint density at radius 3 is 2.52 bits per heavy atom. The Labute approximate surface area is 176 Å². The van der Waals surface area contributed by atoms with E-state index in [1.807, 2.05) is 0 Å². The lowest BCUT2D eigenvalue weighted by atomic mass is 9.99. The number of aliphatic hydroxyl groups is 1. The van der Waals surface area contributed by atoms with Gasteiger partial charge in [-0.2, -0.15) is 0 Å². The topological polar surface area (TPSA) is 37.5 Å². The zero-order chi connectivity index (χ0) is 20.9. The van der Waals surface area contributed by atoms with Gasteiger partial charge in [0.15, 0.2) is 11.5 Å². The molecular formula is C22H16Cl2F2N2O. The van der Waals surface area contributed by atoms with E-state index >= 15 is 0 Å². The van der Waals surface area contributed by atoms with Gasteiger partial charge in [0.25, 0.3) is 0 Å². The molecule has 0 fully saturated rings. The molecule has 0 spiro atoms. The van der Waals surface area contributed by atoms with Crippen LogP contribution in [0.15, 0.2) is 54.9 Å². The lowest BCUT2D eigenvalue weighted by Crippen LogP contribution is -2.18. The maximum Gasteiger partial charge on any atom is 0.174 e. The third-order valence-corrected chi connectivity index (χ3v) is 5.60. The number of fused-ring (bicyclic) bond motifs is 1. The average molecular weight is 433 g/mol. The Hall–Kier alpha value is -2.47. The highest BCUT2D eigenvalue weighted by molar-refractivity contribution is 6.43. The third kappa shape index (κ3) is 3.39. The monoisotopic (exact) mass is 432 g/mol. The minimum Gasteiger partial charge on any atom is -0.386 e.